The standard InChI is InChI=1S/C16H26N2O/c1-3-13-7-8-14(12(13)2)18-15(19)16(11-17)9-5-4-6-10-16/h12-14H,3-10H2,1-2H3,(H,18,19). The van der Waals surface area contributed by atoms with E-state index in [9.17, 15) is 10.1 Å². The van der Waals surface area contributed by atoms with Crippen LogP contribution in [0.1, 0.15) is 65.2 Å². The summed E-state index contributed by atoms with van der Waals surface area (Å²) in [6.07, 6.45) is 8.15. The van der Waals surface area contributed by atoms with E-state index in [1.54, 1.807) is 0 Å². The Hall–Kier alpha value is -1.04. The van der Waals surface area contributed by atoms with Crippen LogP contribution in [0.4, 0.5) is 0 Å². The summed E-state index contributed by atoms with van der Waals surface area (Å²) in [5.74, 6) is 1.28. The number of hydrogen-bond acceptors (Lipinski definition) is 2. The van der Waals surface area contributed by atoms with Crippen molar-refractivity contribution in [2.45, 2.75) is 71.3 Å². The number of nitrogens with zero attached hydrogens (tertiary/aromatic N) is 1. The summed E-state index contributed by atoms with van der Waals surface area (Å²) in [7, 11) is 0. The van der Waals surface area contributed by atoms with Gasteiger partial charge in [-0.2, -0.15) is 5.26 Å². The van der Waals surface area contributed by atoms with E-state index in [1.165, 1.54) is 12.8 Å². The van der Waals surface area contributed by atoms with Crippen molar-refractivity contribution in [3.8, 4) is 6.07 Å². The minimum Gasteiger partial charge on any atom is -0.352 e. The Morgan fingerprint density at radius 3 is 2.53 bits per heavy atom. The Kier molecular flexibility index (Phi) is 4.50. The normalized spacial score (nSPS) is 33.6. The van der Waals surface area contributed by atoms with Gasteiger partial charge in [-0.15, -0.1) is 0 Å². The van der Waals surface area contributed by atoms with Crippen LogP contribution < -0.4 is 5.32 Å². The second-order valence-electron chi connectivity index (χ2n) is 6.44. The van der Waals surface area contributed by atoms with E-state index in [-0.39, 0.29) is 11.9 Å². The number of carbonyl (C=O) groups is 1. The highest BCUT2D eigenvalue weighted by atomic mass is 16.2. The third kappa shape index (κ3) is 2.78. The monoisotopic (exact) mass is 262 g/mol. The van der Waals surface area contributed by atoms with Crippen molar-refractivity contribution < 1.29 is 4.79 Å². The zero-order valence-corrected chi connectivity index (χ0v) is 12.2. The molecular formula is C16H26N2O. The van der Waals surface area contributed by atoms with E-state index < -0.39 is 5.41 Å². The van der Waals surface area contributed by atoms with Crippen LogP contribution in [0.5, 0.6) is 0 Å². The molecule has 0 radical (unpaired) electrons. The largest absolute Gasteiger partial charge is 0.352 e. The highest BCUT2D eigenvalue weighted by Crippen LogP contribution is 2.38. The average molecular weight is 262 g/mol. The topological polar surface area (TPSA) is 52.9 Å². The van der Waals surface area contributed by atoms with E-state index in [0.717, 1.165) is 44.4 Å². The molecule has 2 rings (SSSR count). The van der Waals surface area contributed by atoms with Gasteiger partial charge in [0, 0.05) is 6.04 Å². The first-order valence-corrected chi connectivity index (χ1v) is 7.85. The second kappa shape index (κ2) is 5.94. The average Bonchev–Trinajstić information content (AvgIpc) is 2.80. The number of amides is 1. The second-order valence-corrected chi connectivity index (χ2v) is 6.44. The zero-order valence-electron chi connectivity index (χ0n) is 12.2. The van der Waals surface area contributed by atoms with Gasteiger partial charge in [-0.1, -0.05) is 39.5 Å². The van der Waals surface area contributed by atoms with Gasteiger partial charge in [0.05, 0.1) is 6.07 Å². The number of nitriles is 1. The van der Waals surface area contributed by atoms with Crippen LogP contribution in [0.25, 0.3) is 0 Å². The van der Waals surface area contributed by atoms with Crippen molar-refractivity contribution in [3.63, 3.8) is 0 Å². The van der Waals surface area contributed by atoms with Gasteiger partial charge in [-0.05, 0) is 37.5 Å². The molecule has 2 aliphatic rings. The summed E-state index contributed by atoms with van der Waals surface area (Å²) in [6.45, 7) is 4.47. The van der Waals surface area contributed by atoms with E-state index in [1.807, 2.05) is 0 Å². The maximum Gasteiger partial charge on any atom is 0.240 e. The van der Waals surface area contributed by atoms with Gasteiger partial charge in [0.25, 0.3) is 0 Å². The molecule has 0 bridgehead atoms. The summed E-state index contributed by atoms with van der Waals surface area (Å²) in [4.78, 5) is 12.5. The Bertz CT molecular complexity index is 365. The van der Waals surface area contributed by atoms with Crippen molar-refractivity contribution in [2.75, 3.05) is 0 Å². The van der Waals surface area contributed by atoms with Gasteiger partial charge in [0.15, 0.2) is 0 Å². The van der Waals surface area contributed by atoms with E-state index in [2.05, 4.69) is 25.2 Å². The lowest BCUT2D eigenvalue weighted by Gasteiger charge is -2.31. The van der Waals surface area contributed by atoms with Crippen molar-refractivity contribution in [1.29, 1.82) is 5.26 Å². The van der Waals surface area contributed by atoms with Gasteiger partial charge in [0.2, 0.25) is 5.91 Å². The lowest BCUT2D eigenvalue weighted by molar-refractivity contribution is -0.130. The number of hydrogen-bond donors (Lipinski definition) is 1. The molecule has 0 spiro atoms. The number of nitrogens with one attached hydrogen (secondary N) is 1. The lowest BCUT2D eigenvalue weighted by Crippen LogP contribution is -2.47. The zero-order chi connectivity index (χ0) is 13.9. The van der Waals surface area contributed by atoms with Gasteiger partial charge < -0.3 is 5.32 Å². The molecule has 106 valence electrons. The predicted molar refractivity (Wildman–Crippen MR) is 75.2 cm³/mol. The number of rotatable bonds is 3. The van der Waals surface area contributed by atoms with Gasteiger partial charge in [0.1, 0.15) is 5.41 Å². The molecular weight excluding hydrogens is 236 g/mol. The predicted octanol–water partition coefficient (Wildman–Crippen LogP) is 3.40. The summed E-state index contributed by atoms with van der Waals surface area (Å²) in [5.41, 5.74) is -0.734. The molecule has 19 heavy (non-hydrogen) atoms. The van der Waals surface area contributed by atoms with Crippen LogP contribution >= 0.6 is 0 Å². The highest BCUT2D eigenvalue weighted by molar-refractivity contribution is 5.85. The van der Waals surface area contributed by atoms with Crippen LogP contribution in [-0.2, 0) is 4.79 Å². The maximum atomic E-state index is 12.5. The molecule has 1 N–H and O–H groups in total. The van der Waals surface area contributed by atoms with Crippen LogP contribution in [0, 0.1) is 28.6 Å². The highest BCUT2D eigenvalue weighted by Gasteiger charge is 2.42. The molecule has 2 saturated carbocycles. The quantitative estimate of drug-likeness (QED) is 0.847. The molecule has 0 aliphatic heterocycles. The third-order valence-electron chi connectivity index (χ3n) is 5.42. The van der Waals surface area contributed by atoms with Crippen molar-refractivity contribution in [1.82, 2.24) is 5.32 Å². The van der Waals surface area contributed by atoms with Crippen molar-refractivity contribution in [2.24, 2.45) is 17.3 Å². The first-order chi connectivity index (χ1) is 9.13. The first-order valence-electron chi connectivity index (χ1n) is 7.85. The molecule has 3 heteroatoms. The molecule has 3 atom stereocenters. The van der Waals surface area contributed by atoms with E-state index in [4.69, 9.17) is 0 Å². The molecule has 2 aliphatic carbocycles. The van der Waals surface area contributed by atoms with E-state index >= 15 is 0 Å². The molecule has 0 aromatic heterocycles. The fraction of sp³-hybridized carbons (Fsp3) is 0.875. The fourth-order valence-corrected chi connectivity index (χ4v) is 3.88. The van der Waals surface area contributed by atoms with Gasteiger partial charge in [-0.25, -0.2) is 0 Å². The minimum atomic E-state index is -0.734. The molecule has 3 nitrogen and oxygen atoms in total. The Labute approximate surface area is 116 Å². The number of carbonyl (C=O) groups excluding carboxylic acids is 1. The molecule has 0 heterocycles. The molecule has 2 fully saturated rings. The minimum absolute atomic E-state index is 0.00306. The van der Waals surface area contributed by atoms with Crippen LogP contribution in [0.15, 0.2) is 0 Å². The summed E-state index contributed by atoms with van der Waals surface area (Å²) in [6, 6.07) is 2.60. The van der Waals surface area contributed by atoms with Crippen LogP contribution in [-0.4, -0.2) is 11.9 Å². The molecule has 0 aromatic rings. The Morgan fingerprint density at radius 1 is 1.32 bits per heavy atom. The van der Waals surface area contributed by atoms with Gasteiger partial charge >= 0.3 is 0 Å². The fourth-order valence-electron chi connectivity index (χ4n) is 3.88. The molecule has 0 aromatic carbocycles. The van der Waals surface area contributed by atoms with E-state index in [0.29, 0.717) is 5.92 Å². The molecule has 0 saturated heterocycles. The van der Waals surface area contributed by atoms with Crippen LogP contribution in [0.3, 0.4) is 0 Å². The van der Waals surface area contributed by atoms with Crippen molar-refractivity contribution in [3.05, 3.63) is 0 Å². The molecule has 3 unspecified atom stereocenters. The van der Waals surface area contributed by atoms with Gasteiger partial charge in [-0.3, -0.25) is 4.79 Å². The molecule has 1 amide bonds. The smallest absolute Gasteiger partial charge is 0.240 e. The lowest BCUT2D eigenvalue weighted by atomic mass is 9.74. The summed E-state index contributed by atoms with van der Waals surface area (Å²) >= 11 is 0. The summed E-state index contributed by atoms with van der Waals surface area (Å²) in [5, 5.41) is 12.6. The van der Waals surface area contributed by atoms with Crippen LogP contribution in [0.2, 0.25) is 0 Å². The summed E-state index contributed by atoms with van der Waals surface area (Å²) < 4.78 is 0. The first kappa shape index (κ1) is 14.4. The van der Waals surface area contributed by atoms with Crippen molar-refractivity contribution >= 4 is 5.91 Å². The SMILES string of the molecule is CCC1CCC(NC(=O)C2(C#N)CCCCC2)C1C. The Morgan fingerprint density at radius 2 is 2.00 bits per heavy atom. The Balaban J connectivity index is 1.99. The third-order valence-corrected chi connectivity index (χ3v) is 5.42. The maximum absolute atomic E-state index is 12.5.